The van der Waals surface area contributed by atoms with Crippen LogP contribution in [0.4, 0.5) is 0 Å². The maximum absolute atomic E-state index is 10.8. The van der Waals surface area contributed by atoms with E-state index in [4.69, 9.17) is 4.74 Å². The first kappa shape index (κ1) is 11.6. The number of esters is 1. The molecule has 88 valence electrons. The van der Waals surface area contributed by atoms with E-state index in [2.05, 4.69) is 0 Å². The van der Waals surface area contributed by atoms with Crippen molar-refractivity contribution in [3.63, 3.8) is 0 Å². The van der Waals surface area contributed by atoms with Crippen molar-refractivity contribution in [1.82, 2.24) is 0 Å². The highest BCUT2D eigenvalue weighted by atomic mass is 16.5. The Morgan fingerprint density at radius 1 is 1.12 bits per heavy atom. The summed E-state index contributed by atoms with van der Waals surface area (Å²) in [6.07, 6.45) is 1.84. The molecular formula is C13H12O4. The molecule has 4 heteroatoms. The van der Waals surface area contributed by atoms with Crippen LogP contribution in [0, 0.1) is 0 Å². The Labute approximate surface area is 98.5 Å². The Morgan fingerprint density at radius 2 is 1.82 bits per heavy atom. The van der Waals surface area contributed by atoms with Crippen molar-refractivity contribution in [2.24, 2.45) is 0 Å². The number of rotatable bonds is 3. The van der Waals surface area contributed by atoms with Gasteiger partial charge in [-0.2, -0.15) is 0 Å². The number of allylic oxidation sites excluding steroid dienone is 1. The van der Waals surface area contributed by atoms with Crippen molar-refractivity contribution < 1.29 is 19.7 Å². The van der Waals surface area contributed by atoms with E-state index in [1.807, 2.05) is 6.07 Å². The summed E-state index contributed by atoms with van der Waals surface area (Å²) >= 11 is 0. The van der Waals surface area contributed by atoms with Gasteiger partial charge in [-0.15, -0.1) is 0 Å². The minimum absolute atomic E-state index is 0.248. The Balaban J connectivity index is 2.08. The zero-order valence-electron chi connectivity index (χ0n) is 8.98. The van der Waals surface area contributed by atoms with E-state index in [1.54, 1.807) is 24.3 Å². The largest absolute Gasteiger partial charge is 0.424 e. The maximum Gasteiger partial charge on any atom is 0.336 e. The lowest BCUT2D eigenvalue weighted by Gasteiger charge is -2.15. The van der Waals surface area contributed by atoms with Crippen LogP contribution in [0.25, 0.3) is 0 Å². The molecule has 0 saturated heterocycles. The molecule has 1 aromatic rings. The highest BCUT2D eigenvalue weighted by Crippen LogP contribution is 2.20. The summed E-state index contributed by atoms with van der Waals surface area (Å²) in [5, 5.41) is 19.6. The molecule has 0 amide bonds. The maximum atomic E-state index is 10.8. The molecular weight excluding hydrogens is 220 g/mol. The van der Waals surface area contributed by atoms with Crippen LogP contribution >= 0.6 is 0 Å². The predicted octanol–water partition coefficient (Wildman–Crippen LogP) is 1.08. The summed E-state index contributed by atoms with van der Waals surface area (Å²) in [5.41, 5.74) is 0.602. The highest BCUT2D eigenvalue weighted by Gasteiger charge is 2.18. The fourth-order valence-electron chi connectivity index (χ4n) is 1.53. The van der Waals surface area contributed by atoms with E-state index in [-0.39, 0.29) is 5.76 Å². The summed E-state index contributed by atoms with van der Waals surface area (Å²) in [7, 11) is 0. The van der Waals surface area contributed by atoms with E-state index in [1.165, 1.54) is 18.2 Å². The van der Waals surface area contributed by atoms with Crippen molar-refractivity contribution >= 4 is 5.97 Å². The predicted molar refractivity (Wildman–Crippen MR) is 60.7 cm³/mol. The molecule has 0 aliphatic carbocycles. The number of aliphatic hydroxyl groups excluding tert-OH is 2. The number of carbonyl (C=O) groups excluding carboxylic acids is 1. The van der Waals surface area contributed by atoms with Crippen molar-refractivity contribution in [1.29, 1.82) is 0 Å². The van der Waals surface area contributed by atoms with Crippen LogP contribution in [0.1, 0.15) is 11.7 Å². The fraction of sp³-hybridized carbons (Fsp3) is 0.154. The molecule has 0 fully saturated rings. The van der Waals surface area contributed by atoms with Gasteiger partial charge in [0.1, 0.15) is 18.0 Å². The van der Waals surface area contributed by atoms with Gasteiger partial charge in [0, 0.05) is 6.08 Å². The second-order valence-corrected chi connectivity index (χ2v) is 3.67. The van der Waals surface area contributed by atoms with Crippen LogP contribution < -0.4 is 0 Å². The number of benzene rings is 1. The van der Waals surface area contributed by atoms with Crippen molar-refractivity contribution in [3.8, 4) is 0 Å². The minimum Gasteiger partial charge on any atom is -0.424 e. The number of hydrogen-bond donors (Lipinski definition) is 2. The first-order valence-corrected chi connectivity index (χ1v) is 5.19. The Bertz CT molecular complexity index is 462. The molecule has 1 aliphatic heterocycles. The molecule has 0 aromatic heterocycles. The SMILES string of the molecule is O=C1C=C/C(=C/[C@@H](O)[C@@H](O)c2ccccc2)O1. The van der Waals surface area contributed by atoms with E-state index in [9.17, 15) is 15.0 Å². The first-order valence-electron chi connectivity index (χ1n) is 5.19. The van der Waals surface area contributed by atoms with E-state index in [0.29, 0.717) is 5.56 Å². The van der Waals surface area contributed by atoms with Gasteiger partial charge < -0.3 is 14.9 Å². The van der Waals surface area contributed by atoms with Gasteiger partial charge in [0.15, 0.2) is 0 Å². The van der Waals surface area contributed by atoms with Crippen LogP contribution in [0.15, 0.2) is 54.3 Å². The third-order valence-corrected chi connectivity index (χ3v) is 2.40. The number of aliphatic hydroxyl groups is 2. The Hall–Kier alpha value is -1.91. The summed E-state index contributed by atoms with van der Waals surface area (Å²) < 4.78 is 4.76. The number of cyclic esters (lactones) is 1. The molecule has 1 aliphatic rings. The summed E-state index contributed by atoms with van der Waals surface area (Å²) in [4.78, 5) is 10.8. The van der Waals surface area contributed by atoms with Crippen LogP contribution in [-0.2, 0) is 9.53 Å². The van der Waals surface area contributed by atoms with Gasteiger partial charge in [0.2, 0.25) is 0 Å². The fourth-order valence-corrected chi connectivity index (χ4v) is 1.53. The Morgan fingerprint density at radius 3 is 2.41 bits per heavy atom. The zero-order valence-corrected chi connectivity index (χ0v) is 8.98. The third-order valence-electron chi connectivity index (χ3n) is 2.40. The van der Waals surface area contributed by atoms with Gasteiger partial charge >= 0.3 is 5.97 Å². The topological polar surface area (TPSA) is 66.8 Å². The average Bonchev–Trinajstić information content (AvgIpc) is 2.75. The van der Waals surface area contributed by atoms with E-state index in [0.717, 1.165) is 0 Å². The summed E-state index contributed by atoms with van der Waals surface area (Å²) in [5.74, 6) is -0.227. The van der Waals surface area contributed by atoms with Crippen molar-refractivity contribution in [3.05, 3.63) is 59.9 Å². The van der Waals surface area contributed by atoms with Gasteiger partial charge in [-0.3, -0.25) is 0 Å². The standard InChI is InChI=1S/C13H12O4/c14-11(8-10-6-7-12(15)17-10)13(16)9-4-2-1-3-5-9/h1-8,11,13-14,16H/b10-8-/t11-,13+/m1/s1. The van der Waals surface area contributed by atoms with Crippen molar-refractivity contribution in [2.45, 2.75) is 12.2 Å². The molecule has 1 aromatic carbocycles. The molecule has 0 saturated carbocycles. The van der Waals surface area contributed by atoms with Crippen molar-refractivity contribution in [2.75, 3.05) is 0 Å². The van der Waals surface area contributed by atoms with Gasteiger partial charge in [-0.25, -0.2) is 4.79 Å². The molecule has 17 heavy (non-hydrogen) atoms. The minimum atomic E-state index is -1.12. The van der Waals surface area contributed by atoms with E-state index < -0.39 is 18.2 Å². The molecule has 2 atom stereocenters. The lowest BCUT2D eigenvalue weighted by atomic mass is 10.0. The number of hydrogen-bond acceptors (Lipinski definition) is 4. The first-order chi connectivity index (χ1) is 8.16. The molecule has 0 unspecified atom stereocenters. The lowest BCUT2D eigenvalue weighted by molar-refractivity contribution is -0.132. The van der Waals surface area contributed by atoms with Gasteiger partial charge in [-0.1, -0.05) is 30.3 Å². The molecule has 1 heterocycles. The monoisotopic (exact) mass is 232 g/mol. The van der Waals surface area contributed by atoms with Gasteiger partial charge in [0.25, 0.3) is 0 Å². The number of ether oxygens (including phenoxy) is 1. The van der Waals surface area contributed by atoms with Crippen LogP contribution in [-0.4, -0.2) is 22.3 Å². The smallest absolute Gasteiger partial charge is 0.336 e. The normalized spacial score (nSPS) is 20.4. The summed E-state index contributed by atoms with van der Waals surface area (Å²) in [6.45, 7) is 0. The zero-order chi connectivity index (χ0) is 12.3. The van der Waals surface area contributed by atoms with Crippen LogP contribution in [0.3, 0.4) is 0 Å². The van der Waals surface area contributed by atoms with E-state index >= 15 is 0 Å². The molecule has 2 N–H and O–H groups in total. The van der Waals surface area contributed by atoms with Crippen LogP contribution in [0.5, 0.6) is 0 Å². The molecule has 0 spiro atoms. The van der Waals surface area contributed by atoms with Gasteiger partial charge in [0.05, 0.1) is 0 Å². The second-order valence-electron chi connectivity index (χ2n) is 3.67. The van der Waals surface area contributed by atoms with Gasteiger partial charge in [-0.05, 0) is 17.7 Å². The third kappa shape index (κ3) is 2.81. The average molecular weight is 232 g/mol. The quantitative estimate of drug-likeness (QED) is 0.765. The van der Waals surface area contributed by atoms with Crippen LogP contribution in [0.2, 0.25) is 0 Å². The summed E-state index contributed by atoms with van der Waals surface area (Å²) in [6, 6.07) is 8.79. The molecule has 4 nitrogen and oxygen atoms in total. The highest BCUT2D eigenvalue weighted by molar-refractivity contribution is 5.86. The molecule has 0 radical (unpaired) electrons. The molecule has 0 bridgehead atoms. The molecule has 2 rings (SSSR count). The Kier molecular flexibility index (Phi) is 3.37. The number of carbonyl (C=O) groups is 1. The lowest BCUT2D eigenvalue weighted by Crippen LogP contribution is -2.16. The second kappa shape index (κ2) is 4.95.